The number of esters is 1. The van der Waals surface area contributed by atoms with Gasteiger partial charge in [-0.1, -0.05) is 48.5 Å². The Hall–Kier alpha value is -3.24. The van der Waals surface area contributed by atoms with Gasteiger partial charge in [0.15, 0.2) is 0 Å². The summed E-state index contributed by atoms with van der Waals surface area (Å²) in [4.78, 5) is 18.5. The van der Waals surface area contributed by atoms with Gasteiger partial charge in [0.05, 0.1) is 13.2 Å². The Morgan fingerprint density at radius 2 is 1.52 bits per heavy atom. The number of aromatic nitrogens is 1. The summed E-state index contributed by atoms with van der Waals surface area (Å²) in [6.07, 6.45) is 3.57. The largest absolute Gasteiger partial charge is 0.465 e. The van der Waals surface area contributed by atoms with Gasteiger partial charge in [0.2, 0.25) is 0 Å². The van der Waals surface area contributed by atoms with Crippen LogP contribution in [0.3, 0.4) is 0 Å². The molecule has 0 unspecified atom stereocenters. The van der Waals surface area contributed by atoms with Crippen molar-refractivity contribution in [2.24, 2.45) is 0 Å². The van der Waals surface area contributed by atoms with Crippen LogP contribution in [-0.4, -0.2) is 29.0 Å². The first-order valence-electron chi connectivity index (χ1n) is 9.91. The molecule has 0 saturated heterocycles. The van der Waals surface area contributed by atoms with E-state index in [2.05, 4.69) is 64.5 Å². The van der Waals surface area contributed by atoms with Crippen LogP contribution in [0.1, 0.15) is 18.1 Å². The summed E-state index contributed by atoms with van der Waals surface area (Å²) in [5.41, 5.74) is 2.35. The van der Waals surface area contributed by atoms with Crippen LogP contribution in [0.4, 0.5) is 0 Å². The number of ether oxygens (including phenoxy) is 1. The van der Waals surface area contributed by atoms with E-state index in [-0.39, 0.29) is 12.5 Å². The van der Waals surface area contributed by atoms with E-state index in [1.165, 1.54) is 27.1 Å². The van der Waals surface area contributed by atoms with Gasteiger partial charge in [0.1, 0.15) is 0 Å². The normalized spacial score (nSPS) is 11.2. The Bertz CT molecular complexity index is 1070. The van der Waals surface area contributed by atoms with Crippen LogP contribution in [0.2, 0.25) is 0 Å². The number of fused-ring (bicyclic) bond motifs is 2. The second-order valence-corrected chi connectivity index (χ2v) is 7.10. The van der Waals surface area contributed by atoms with E-state index >= 15 is 0 Å². The van der Waals surface area contributed by atoms with Gasteiger partial charge in [0, 0.05) is 25.5 Å². The molecule has 0 saturated carbocycles. The van der Waals surface area contributed by atoms with Crippen molar-refractivity contribution < 1.29 is 9.53 Å². The molecule has 0 bridgehead atoms. The Morgan fingerprint density at radius 3 is 2.14 bits per heavy atom. The van der Waals surface area contributed by atoms with Crippen LogP contribution in [0, 0.1) is 0 Å². The minimum Gasteiger partial charge on any atom is -0.465 e. The molecule has 4 rings (SSSR count). The zero-order chi connectivity index (χ0) is 20.1. The maximum Gasteiger partial charge on any atom is 0.320 e. The number of benzene rings is 3. The van der Waals surface area contributed by atoms with Crippen molar-refractivity contribution in [3.63, 3.8) is 0 Å². The van der Waals surface area contributed by atoms with E-state index in [9.17, 15) is 4.79 Å². The zero-order valence-corrected chi connectivity index (χ0v) is 16.5. The second-order valence-electron chi connectivity index (χ2n) is 7.10. The molecule has 146 valence electrons. The van der Waals surface area contributed by atoms with Crippen molar-refractivity contribution in [2.75, 3.05) is 13.2 Å². The van der Waals surface area contributed by atoms with Crippen LogP contribution in [-0.2, 0) is 22.6 Å². The van der Waals surface area contributed by atoms with Crippen molar-refractivity contribution in [1.29, 1.82) is 0 Å². The number of carbonyl (C=O) groups excluding carboxylic acids is 1. The first-order valence-corrected chi connectivity index (χ1v) is 9.91. The van der Waals surface area contributed by atoms with Crippen LogP contribution in [0.15, 0.2) is 79.1 Å². The fraction of sp³-hybridized carbons (Fsp3) is 0.200. The zero-order valence-electron chi connectivity index (χ0n) is 16.5. The van der Waals surface area contributed by atoms with Crippen LogP contribution < -0.4 is 0 Å². The smallest absolute Gasteiger partial charge is 0.320 e. The lowest BCUT2D eigenvalue weighted by atomic mass is 9.96. The molecule has 0 N–H and O–H groups in total. The minimum absolute atomic E-state index is 0.203. The quantitative estimate of drug-likeness (QED) is 0.334. The molecular weight excluding hydrogens is 360 g/mol. The Balaban J connectivity index is 1.75. The molecule has 4 aromatic rings. The molecule has 0 spiro atoms. The maximum atomic E-state index is 12.3. The number of carbonyl (C=O) groups is 1. The molecule has 0 atom stereocenters. The van der Waals surface area contributed by atoms with Crippen molar-refractivity contribution in [2.45, 2.75) is 20.0 Å². The molecule has 0 aliphatic heterocycles. The van der Waals surface area contributed by atoms with E-state index < -0.39 is 0 Å². The summed E-state index contributed by atoms with van der Waals surface area (Å²) in [6.45, 7) is 3.78. The van der Waals surface area contributed by atoms with Crippen molar-refractivity contribution >= 4 is 27.5 Å². The van der Waals surface area contributed by atoms with E-state index in [4.69, 9.17) is 4.74 Å². The van der Waals surface area contributed by atoms with Crippen molar-refractivity contribution in [1.82, 2.24) is 9.88 Å². The van der Waals surface area contributed by atoms with E-state index in [0.29, 0.717) is 19.7 Å². The molecule has 3 aromatic carbocycles. The number of pyridine rings is 1. The molecule has 0 aliphatic rings. The SMILES string of the molecule is CCOC(=O)CN(Cc1ccncc1)Cc1c2ccccc2cc2ccccc12. The lowest BCUT2D eigenvalue weighted by Gasteiger charge is -2.23. The van der Waals surface area contributed by atoms with Gasteiger partial charge in [-0.3, -0.25) is 14.7 Å². The first kappa shape index (κ1) is 19.1. The highest BCUT2D eigenvalue weighted by Crippen LogP contribution is 2.29. The molecule has 0 amide bonds. The highest BCUT2D eigenvalue weighted by molar-refractivity contribution is 6.02. The number of hydrogen-bond acceptors (Lipinski definition) is 4. The molecule has 29 heavy (non-hydrogen) atoms. The van der Waals surface area contributed by atoms with Gasteiger partial charge in [-0.25, -0.2) is 0 Å². The lowest BCUT2D eigenvalue weighted by molar-refractivity contribution is -0.144. The highest BCUT2D eigenvalue weighted by atomic mass is 16.5. The summed E-state index contributed by atoms with van der Waals surface area (Å²) in [6, 6.07) is 23.1. The van der Waals surface area contributed by atoms with Gasteiger partial charge in [0.25, 0.3) is 0 Å². The van der Waals surface area contributed by atoms with Gasteiger partial charge in [-0.2, -0.15) is 0 Å². The third-order valence-electron chi connectivity index (χ3n) is 5.08. The average Bonchev–Trinajstić information content (AvgIpc) is 2.74. The standard InChI is InChI=1S/C25H24N2O2/c1-2-29-25(28)18-27(16-19-11-13-26-14-12-19)17-24-22-9-5-3-7-20(22)15-21-8-4-6-10-23(21)24/h3-15H,2,16-18H2,1H3. The highest BCUT2D eigenvalue weighted by Gasteiger charge is 2.16. The predicted octanol–water partition coefficient (Wildman–Crippen LogP) is 4.95. The summed E-state index contributed by atoms with van der Waals surface area (Å²) in [7, 11) is 0. The molecular formula is C25H24N2O2. The van der Waals surface area contributed by atoms with Gasteiger partial charge >= 0.3 is 5.97 Å². The first-order chi connectivity index (χ1) is 14.2. The summed E-state index contributed by atoms with van der Waals surface area (Å²) in [5.74, 6) is -0.203. The summed E-state index contributed by atoms with van der Waals surface area (Å²) < 4.78 is 5.23. The second kappa shape index (κ2) is 8.84. The lowest BCUT2D eigenvalue weighted by Crippen LogP contribution is -2.30. The Kier molecular flexibility index (Phi) is 5.82. The molecule has 0 radical (unpaired) electrons. The van der Waals surface area contributed by atoms with E-state index in [0.717, 1.165) is 5.56 Å². The molecule has 4 nitrogen and oxygen atoms in total. The third-order valence-corrected chi connectivity index (χ3v) is 5.08. The Labute approximate surface area is 170 Å². The number of nitrogens with zero attached hydrogens (tertiary/aromatic N) is 2. The third kappa shape index (κ3) is 4.44. The molecule has 0 aliphatic carbocycles. The number of hydrogen-bond donors (Lipinski definition) is 0. The van der Waals surface area contributed by atoms with Gasteiger partial charge in [-0.05, 0) is 57.8 Å². The van der Waals surface area contributed by atoms with Crippen molar-refractivity contribution in [3.05, 3.63) is 90.3 Å². The van der Waals surface area contributed by atoms with Gasteiger partial charge < -0.3 is 4.74 Å². The molecule has 4 heteroatoms. The maximum absolute atomic E-state index is 12.3. The van der Waals surface area contributed by atoms with Crippen molar-refractivity contribution in [3.8, 4) is 0 Å². The fourth-order valence-corrected chi connectivity index (χ4v) is 3.81. The molecule has 0 fully saturated rings. The average molecular weight is 384 g/mol. The summed E-state index contributed by atoms with van der Waals surface area (Å²) >= 11 is 0. The van der Waals surface area contributed by atoms with Crippen LogP contribution >= 0.6 is 0 Å². The fourth-order valence-electron chi connectivity index (χ4n) is 3.81. The molecule has 1 heterocycles. The minimum atomic E-state index is -0.203. The predicted molar refractivity (Wildman–Crippen MR) is 116 cm³/mol. The van der Waals surface area contributed by atoms with Gasteiger partial charge in [-0.15, -0.1) is 0 Å². The van der Waals surface area contributed by atoms with E-state index in [1.807, 2.05) is 19.1 Å². The number of rotatable bonds is 7. The summed E-state index contributed by atoms with van der Waals surface area (Å²) in [5, 5.41) is 4.85. The van der Waals surface area contributed by atoms with Crippen LogP contribution in [0.25, 0.3) is 21.5 Å². The van der Waals surface area contributed by atoms with E-state index in [1.54, 1.807) is 12.4 Å². The monoisotopic (exact) mass is 384 g/mol. The Morgan fingerprint density at radius 1 is 0.897 bits per heavy atom. The van der Waals surface area contributed by atoms with Crippen LogP contribution in [0.5, 0.6) is 0 Å². The molecule has 1 aromatic heterocycles. The topological polar surface area (TPSA) is 42.4 Å².